The summed E-state index contributed by atoms with van der Waals surface area (Å²) in [7, 11) is -3.52. The normalized spacial score (nSPS) is 18.5. The second-order valence-electron chi connectivity index (χ2n) is 4.36. The highest BCUT2D eigenvalue weighted by Crippen LogP contribution is 2.26. The van der Waals surface area contributed by atoms with E-state index in [4.69, 9.17) is 10.5 Å². The Kier molecular flexibility index (Phi) is 3.89. The van der Waals surface area contributed by atoms with Gasteiger partial charge in [-0.2, -0.15) is 4.31 Å². The highest BCUT2D eigenvalue weighted by atomic mass is 32.2. The quantitative estimate of drug-likeness (QED) is 0.813. The number of anilines is 1. The highest BCUT2D eigenvalue weighted by Gasteiger charge is 2.28. The van der Waals surface area contributed by atoms with Gasteiger partial charge in [-0.25, -0.2) is 8.42 Å². The number of nitrogen functional groups attached to an aromatic ring is 1. The number of nitrogens with two attached hydrogens (primary N) is 1. The van der Waals surface area contributed by atoms with E-state index in [1.54, 1.807) is 25.1 Å². The summed E-state index contributed by atoms with van der Waals surface area (Å²) in [5.74, 6) is 0. The lowest BCUT2D eigenvalue weighted by molar-refractivity contribution is 0.148. The SMILES string of the molecule is Cc1cccc(N)c1S(=O)(=O)N1CCCOCC1. The van der Waals surface area contributed by atoms with Crippen LogP contribution in [0.4, 0.5) is 5.69 Å². The molecule has 6 heteroatoms. The molecule has 1 aliphatic heterocycles. The lowest BCUT2D eigenvalue weighted by Crippen LogP contribution is -2.34. The molecule has 1 saturated heterocycles. The molecule has 0 spiro atoms. The summed E-state index contributed by atoms with van der Waals surface area (Å²) in [6, 6.07) is 5.14. The van der Waals surface area contributed by atoms with Gasteiger partial charge in [0.1, 0.15) is 4.90 Å². The van der Waals surface area contributed by atoms with Crippen LogP contribution in [0.1, 0.15) is 12.0 Å². The Hall–Kier alpha value is -1.11. The monoisotopic (exact) mass is 270 g/mol. The fourth-order valence-corrected chi connectivity index (χ4v) is 3.90. The first-order valence-electron chi connectivity index (χ1n) is 5.96. The minimum Gasteiger partial charge on any atom is -0.398 e. The highest BCUT2D eigenvalue weighted by molar-refractivity contribution is 7.89. The summed E-state index contributed by atoms with van der Waals surface area (Å²) in [6.45, 7) is 3.67. The first kappa shape index (κ1) is 13.3. The van der Waals surface area contributed by atoms with E-state index < -0.39 is 10.0 Å². The van der Waals surface area contributed by atoms with Gasteiger partial charge in [0.25, 0.3) is 0 Å². The van der Waals surface area contributed by atoms with Crippen LogP contribution >= 0.6 is 0 Å². The molecule has 0 saturated carbocycles. The Bertz CT molecular complexity index is 500. The average molecular weight is 270 g/mol. The number of ether oxygens (including phenoxy) is 1. The van der Waals surface area contributed by atoms with Crippen LogP contribution in [0, 0.1) is 6.92 Å². The summed E-state index contributed by atoms with van der Waals surface area (Å²) in [4.78, 5) is 0.229. The van der Waals surface area contributed by atoms with Crippen LogP contribution in [0.25, 0.3) is 0 Å². The van der Waals surface area contributed by atoms with Gasteiger partial charge in [0.05, 0.1) is 12.3 Å². The number of rotatable bonds is 2. The van der Waals surface area contributed by atoms with Crippen molar-refractivity contribution in [2.45, 2.75) is 18.2 Å². The molecule has 5 nitrogen and oxygen atoms in total. The Morgan fingerprint density at radius 2 is 2.06 bits per heavy atom. The van der Waals surface area contributed by atoms with Crippen LogP contribution in [-0.2, 0) is 14.8 Å². The van der Waals surface area contributed by atoms with Crippen LogP contribution in [0.2, 0.25) is 0 Å². The number of hydrogen-bond acceptors (Lipinski definition) is 4. The molecule has 0 atom stereocenters. The Balaban J connectivity index is 2.41. The third-order valence-corrected chi connectivity index (χ3v) is 5.14. The van der Waals surface area contributed by atoms with Gasteiger partial charge in [-0.3, -0.25) is 0 Å². The molecular formula is C12H18N2O3S. The molecule has 0 aromatic heterocycles. The van der Waals surface area contributed by atoms with Gasteiger partial charge in [0.15, 0.2) is 0 Å². The summed E-state index contributed by atoms with van der Waals surface area (Å²) >= 11 is 0. The zero-order valence-corrected chi connectivity index (χ0v) is 11.2. The van der Waals surface area contributed by atoms with Gasteiger partial charge in [-0.15, -0.1) is 0 Å². The van der Waals surface area contributed by atoms with E-state index in [1.807, 2.05) is 0 Å². The number of hydrogen-bond donors (Lipinski definition) is 1. The second kappa shape index (κ2) is 5.26. The van der Waals surface area contributed by atoms with E-state index in [0.717, 1.165) is 0 Å². The minimum atomic E-state index is -3.52. The van der Waals surface area contributed by atoms with E-state index >= 15 is 0 Å². The van der Waals surface area contributed by atoms with Crippen LogP contribution in [0.3, 0.4) is 0 Å². The van der Waals surface area contributed by atoms with Gasteiger partial charge >= 0.3 is 0 Å². The first-order chi connectivity index (χ1) is 8.53. The molecule has 18 heavy (non-hydrogen) atoms. The van der Waals surface area contributed by atoms with Crippen molar-refractivity contribution in [2.24, 2.45) is 0 Å². The van der Waals surface area contributed by atoms with Crippen molar-refractivity contribution < 1.29 is 13.2 Å². The Morgan fingerprint density at radius 1 is 1.28 bits per heavy atom. The minimum absolute atomic E-state index is 0.229. The zero-order valence-electron chi connectivity index (χ0n) is 10.4. The smallest absolute Gasteiger partial charge is 0.245 e. The molecule has 0 unspecified atom stereocenters. The summed E-state index contributed by atoms with van der Waals surface area (Å²) in [5.41, 5.74) is 6.80. The molecule has 2 N–H and O–H groups in total. The van der Waals surface area contributed by atoms with Crippen molar-refractivity contribution in [3.05, 3.63) is 23.8 Å². The molecule has 0 bridgehead atoms. The number of benzene rings is 1. The lowest BCUT2D eigenvalue weighted by atomic mass is 10.2. The molecule has 1 heterocycles. The van der Waals surface area contributed by atoms with E-state index in [0.29, 0.717) is 44.0 Å². The van der Waals surface area contributed by atoms with Crippen molar-refractivity contribution in [3.63, 3.8) is 0 Å². The first-order valence-corrected chi connectivity index (χ1v) is 7.40. The van der Waals surface area contributed by atoms with E-state index in [2.05, 4.69) is 0 Å². The summed E-state index contributed by atoms with van der Waals surface area (Å²) in [6.07, 6.45) is 0.713. The third kappa shape index (κ3) is 2.50. The van der Waals surface area contributed by atoms with Gasteiger partial charge in [-0.05, 0) is 25.0 Å². The van der Waals surface area contributed by atoms with Crippen molar-refractivity contribution in [3.8, 4) is 0 Å². The van der Waals surface area contributed by atoms with E-state index in [9.17, 15) is 8.42 Å². The molecule has 0 amide bonds. The van der Waals surface area contributed by atoms with E-state index in [1.165, 1.54) is 4.31 Å². The average Bonchev–Trinajstić information content (AvgIpc) is 2.57. The summed E-state index contributed by atoms with van der Waals surface area (Å²) in [5, 5.41) is 0. The maximum atomic E-state index is 12.6. The van der Waals surface area contributed by atoms with Crippen LogP contribution in [-0.4, -0.2) is 39.0 Å². The molecule has 0 aliphatic carbocycles. The molecule has 1 aliphatic rings. The maximum absolute atomic E-state index is 12.6. The Morgan fingerprint density at radius 3 is 2.78 bits per heavy atom. The number of aryl methyl sites for hydroxylation is 1. The summed E-state index contributed by atoms with van der Waals surface area (Å²) < 4.78 is 31.9. The predicted molar refractivity (Wildman–Crippen MR) is 69.8 cm³/mol. The van der Waals surface area contributed by atoms with Crippen molar-refractivity contribution in [1.29, 1.82) is 0 Å². The zero-order chi connectivity index (χ0) is 13.2. The molecule has 100 valence electrons. The topological polar surface area (TPSA) is 72.6 Å². The van der Waals surface area contributed by atoms with Gasteiger partial charge in [0.2, 0.25) is 10.0 Å². The predicted octanol–water partition coefficient (Wildman–Crippen LogP) is 0.988. The molecule has 1 aromatic carbocycles. The van der Waals surface area contributed by atoms with E-state index in [-0.39, 0.29) is 4.90 Å². The molecule has 1 aromatic rings. The fourth-order valence-electron chi connectivity index (χ4n) is 2.12. The standard InChI is InChI=1S/C12H18N2O3S/c1-10-4-2-5-11(13)12(10)18(15,16)14-6-3-8-17-9-7-14/h2,4-5H,3,6-9,13H2,1H3. The molecule has 0 radical (unpaired) electrons. The van der Waals surface area contributed by atoms with Crippen LogP contribution in [0.15, 0.2) is 23.1 Å². The number of sulfonamides is 1. The van der Waals surface area contributed by atoms with Crippen molar-refractivity contribution >= 4 is 15.7 Å². The van der Waals surface area contributed by atoms with Gasteiger partial charge in [0, 0.05) is 19.7 Å². The lowest BCUT2D eigenvalue weighted by Gasteiger charge is -2.21. The third-order valence-electron chi connectivity index (χ3n) is 3.02. The Labute approximate surface area is 108 Å². The van der Waals surface area contributed by atoms with Gasteiger partial charge in [-0.1, -0.05) is 12.1 Å². The molecule has 1 fully saturated rings. The molecular weight excluding hydrogens is 252 g/mol. The fraction of sp³-hybridized carbons (Fsp3) is 0.500. The second-order valence-corrected chi connectivity index (χ2v) is 6.24. The molecule has 2 rings (SSSR count). The van der Waals surface area contributed by atoms with Crippen molar-refractivity contribution in [1.82, 2.24) is 4.31 Å². The number of nitrogens with zero attached hydrogens (tertiary/aromatic N) is 1. The van der Waals surface area contributed by atoms with Crippen LogP contribution in [0.5, 0.6) is 0 Å². The largest absolute Gasteiger partial charge is 0.398 e. The van der Waals surface area contributed by atoms with Crippen molar-refractivity contribution in [2.75, 3.05) is 32.0 Å². The maximum Gasteiger partial charge on any atom is 0.245 e. The van der Waals surface area contributed by atoms with Crippen LogP contribution < -0.4 is 5.73 Å². The van der Waals surface area contributed by atoms with Gasteiger partial charge < -0.3 is 10.5 Å².